The smallest absolute Gasteiger partial charge is 0.207 e. The lowest BCUT2D eigenvalue weighted by Crippen LogP contribution is -2.05. The van der Waals surface area contributed by atoms with Crippen molar-refractivity contribution in [3.8, 4) is 0 Å². The summed E-state index contributed by atoms with van der Waals surface area (Å²) in [4.78, 5) is 4.23. The average Bonchev–Trinajstić information content (AvgIpc) is 2.91. The summed E-state index contributed by atoms with van der Waals surface area (Å²) in [7, 11) is 0. The molecule has 0 aliphatic rings. The van der Waals surface area contributed by atoms with Crippen LogP contribution in [0.25, 0.3) is 0 Å². The number of nitrogens with zero attached hydrogens (tertiary/aromatic N) is 2. The van der Waals surface area contributed by atoms with Crippen molar-refractivity contribution in [3.63, 3.8) is 0 Å². The Labute approximate surface area is 120 Å². The van der Waals surface area contributed by atoms with Crippen LogP contribution in [0.15, 0.2) is 60.9 Å². The maximum absolute atomic E-state index is 13.2. The second kappa shape index (κ2) is 5.75. The van der Waals surface area contributed by atoms with Gasteiger partial charge in [-0.3, -0.25) is 0 Å². The van der Waals surface area contributed by atoms with Crippen LogP contribution in [0, 0.1) is 11.6 Å². The molecule has 0 aliphatic carbocycles. The van der Waals surface area contributed by atoms with Gasteiger partial charge in [0.05, 0.1) is 6.54 Å². The maximum Gasteiger partial charge on any atom is 0.207 e. The minimum atomic E-state index is -0.842. The summed E-state index contributed by atoms with van der Waals surface area (Å²) in [6.45, 7) is 0.409. The third-order valence-electron chi connectivity index (χ3n) is 3.08. The zero-order valence-corrected chi connectivity index (χ0v) is 11.1. The van der Waals surface area contributed by atoms with Gasteiger partial charge in [-0.05, 0) is 29.8 Å². The maximum atomic E-state index is 13.2. The van der Waals surface area contributed by atoms with E-state index >= 15 is 0 Å². The highest BCUT2D eigenvalue weighted by atomic mass is 19.2. The Balaban J connectivity index is 1.80. The van der Waals surface area contributed by atoms with Crippen molar-refractivity contribution in [1.29, 1.82) is 0 Å². The van der Waals surface area contributed by atoms with E-state index in [0.29, 0.717) is 18.1 Å². The van der Waals surface area contributed by atoms with Crippen LogP contribution in [-0.2, 0) is 6.54 Å². The lowest BCUT2D eigenvalue weighted by atomic mass is 10.2. The zero-order valence-electron chi connectivity index (χ0n) is 11.1. The number of aromatic nitrogens is 2. The second-order valence-electron chi connectivity index (χ2n) is 4.62. The molecule has 0 saturated heterocycles. The quantitative estimate of drug-likeness (QED) is 0.786. The minimum Gasteiger partial charge on any atom is -0.326 e. The number of para-hydroxylation sites is 1. The molecule has 0 aliphatic heterocycles. The second-order valence-corrected chi connectivity index (χ2v) is 4.62. The molecular formula is C16H13F2N3. The number of halogens is 2. The van der Waals surface area contributed by atoms with Gasteiger partial charge in [-0.15, -0.1) is 0 Å². The molecule has 0 unspecified atom stereocenters. The topological polar surface area (TPSA) is 29.9 Å². The van der Waals surface area contributed by atoms with Gasteiger partial charge in [-0.25, -0.2) is 13.8 Å². The number of nitrogens with one attached hydrogen (secondary N) is 1. The normalized spacial score (nSPS) is 10.6. The fraction of sp³-hybridized carbons (Fsp3) is 0.0625. The van der Waals surface area contributed by atoms with E-state index in [2.05, 4.69) is 10.3 Å². The van der Waals surface area contributed by atoms with Gasteiger partial charge < -0.3 is 9.88 Å². The van der Waals surface area contributed by atoms with Crippen LogP contribution in [0.1, 0.15) is 5.56 Å². The van der Waals surface area contributed by atoms with Crippen molar-refractivity contribution in [1.82, 2.24) is 9.55 Å². The van der Waals surface area contributed by atoms with Crippen LogP contribution in [0.3, 0.4) is 0 Å². The molecular weight excluding hydrogens is 272 g/mol. The zero-order chi connectivity index (χ0) is 14.7. The highest BCUT2D eigenvalue weighted by Gasteiger charge is 2.06. The number of imidazole rings is 1. The van der Waals surface area contributed by atoms with Crippen LogP contribution in [-0.4, -0.2) is 9.55 Å². The molecule has 21 heavy (non-hydrogen) atoms. The molecule has 0 fully saturated rings. The molecule has 3 nitrogen and oxygen atoms in total. The molecule has 5 heteroatoms. The van der Waals surface area contributed by atoms with Crippen molar-refractivity contribution >= 4 is 11.6 Å². The minimum absolute atomic E-state index is 0.409. The summed E-state index contributed by atoms with van der Waals surface area (Å²) in [6, 6.07) is 13.5. The lowest BCUT2D eigenvalue weighted by molar-refractivity contribution is 0.506. The number of hydrogen-bond acceptors (Lipinski definition) is 2. The van der Waals surface area contributed by atoms with Crippen molar-refractivity contribution in [2.75, 3.05) is 5.32 Å². The van der Waals surface area contributed by atoms with E-state index in [1.54, 1.807) is 18.5 Å². The van der Waals surface area contributed by atoms with Gasteiger partial charge in [0.15, 0.2) is 11.6 Å². The molecule has 0 amide bonds. The van der Waals surface area contributed by atoms with Crippen LogP contribution in [0.5, 0.6) is 0 Å². The molecule has 3 aromatic rings. The van der Waals surface area contributed by atoms with E-state index in [0.717, 1.165) is 11.8 Å². The van der Waals surface area contributed by atoms with E-state index in [1.165, 1.54) is 6.07 Å². The van der Waals surface area contributed by atoms with Gasteiger partial charge >= 0.3 is 0 Å². The van der Waals surface area contributed by atoms with Crippen LogP contribution >= 0.6 is 0 Å². The molecule has 3 rings (SSSR count). The van der Waals surface area contributed by atoms with Crippen molar-refractivity contribution < 1.29 is 8.78 Å². The molecule has 106 valence electrons. The molecule has 0 spiro atoms. The summed E-state index contributed by atoms with van der Waals surface area (Å²) in [6.07, 6.45) is 3.44. The van der Waals surface area contributed by atoms with E-state index in [9.17, 15) is 8.78 Å². The van der Waals surface area contributed by atoms with Gasteiger partial charge in [0, 0.05) is 18.1 Å². The first-order chi connectivity index (χ1) is 10.2. The van der Waals surface area contributed by atoms with Crippen LogP contribution < -0.4 is 5.32 Å². The Bertz CT molecular complexity index is 738. The third kappa shape index (κ3) is 3.08. The van der Waals surface area contributed by atoms with Gasteiger partial charge in [-0.2, -0.15) is 0 Å². The Morgan fingerprint density at radius 3 is 2.57 bits per heavy atom. The number of anilines is 2. The van der Waals surface area contributed by atoms with Gasteiger partial charge in [-0.1, -0.05) is 24.3 Å². The van der Waals surface area contributed by atoms with Crippen molar-refractivity contribution in [2.45, 2.75) is 6.54 Å². The summed E-state index contributed by atoms with van der Waals surface area (Å²) in [5.41, 5.74) is 1.58. The van der Waals surface area contributed by atoms with Crippen molar-refractivity contribution in [3.05, 3.63) is 78.1 Å². The van der Waals surface area contributed by atoms with Crippen LogP contribution in [0.4, 0.5) is 20.4 Å². The first kappa shape index (κ1) is 13.3. The van der Waals surface area contributed by atoms with E-state index in [1.807, 2.05) is 34.9 Å². The molecule has 0 atom stereocenters. The van der Waals surface area contributed by atoms with Gasteiger partial charge in [0.2, 0.25) is 5.95 Å². The Kier molecular flexibility index (Phi) is 3.64. The Hall–Kier alpha value is -2.69. The summed E-state index contributed by atoms with van der Waals surface area (Å²) >= 11 is 0. The molecule has 0 saturated carbocycles. The molecule has 1 heterocycles. The number of hydrogen-bond donors (Lipinski definition) is 1. The fourth-order valence-electron chi connectivity index (χ4n) is 2.05. The molecule has 1 N–H and O–H groups in total. The summed E-state index contributed by atoms with van der Waals surface area (Å²) < 4.78 is 28.0. The molecule has 2 aromatic carbocycles. The summed E-state index contributed by atoms with van der Waals surface area (Å²) in [5, 5.41) is 3.18. The molecule has 1 aromatic heterocycles. The van der Waals surface area contributed by atoms with E-state index in [-0.39, 0.29) is 0 Å². The monoisotopic (exact) mass is 285 g/mol. The van der Waals surface area contributed by atoms with E-state index < -0.39 is 11.6 Å². The predicted molar refractivity (Wildman–Crippen MR) is 77.4 cm³/mol. The highest BCUT2D eigenvalue weighted by Crippen LogP contribution is 2.16. The first-order valence-corrected chi connectivity index (χ1v) is 6.49. The SMILES string of the molecule is Fc1ccc(Cn2ccnc2Nc2ccccc2)cc1F. The standard InChI is InChI=1S/C16H13F2N3/c17-14-7-6-12(10-15(14)18)11-21-9-8-19-16(21)20-13-4-2-1-3-5-13/h1-10H,11H2,(H,19,20). The van der Waals surface area contributed by atoms with Crippen molar-refractivity contribution in [2.24, 2.45) is 0 Å². The van der Waals surface area contributed by atoms with Gasteiger partial charge in [0.25, 0.3) is 0 Å². The summed E-state index contributed by atoms with van der Waals surface area (Å²) in [5.74, 6) is -1.04. The number of benzene rings is 2. The largest absolute Gasteiger partial charge is 0.326 e. The predicted octanol–water partition coefficient (Wildman–Crippen LogP) is 3.95. The Morgan fingerprint density at radius 2 is 1.81 bits per heavy atom. The lowest BCUT2D eigenvalue weighted by Gasteiger charge is -2.10. The average molecular weight is 285 g/mol. The van der Waals surface area contributed by atoms with Crippen LogP contribution in [0.2, 0.25) is 0 Å². The fourth-order valence-corrected chi connectivity index (χ4v) is 2.05. The highest BCUT2D eigenvalue weighted by molar-refractivity contribution is 5.53. The van der Waals surface area contributed by atoms with E-state index in [4.69, 9.17) is 0 Å². The molecule has 0 radical (unpaired) electrons. The first-order valence-electron chi connectivity index (χ1n) is 6.49. The molecule has 0 bridgehead atoms. The van der Waals surface area contributed by atoms with Gasteiger partial charge in [0.1, 0.15) is 0 Å². The number of rotatable bonds is 4. The Morgan fingerprint density at radius 1 is 1.00 bits per heavy atom. The third-order valence-corrected chi connectivity index (χ3v) is 3.08.